The highest BCUT2D eigenvalue weighted by Gasteiger charge is 2.16. The van der Waals surface area contributed by atoms with Crippen molar-refractivity contribution in [1.82, 2.24) is 15.0 Å². The number of nitrogens with one attached hydrogen (secondary N) is 1. The molecule has 0 saturated carbocycles. The van der Waals surface area contributed by atoms with Crippen LogP contribution in [0.3, 0.4) is 0 Å². The first kappa shape index (κ1) is 21.1. The largest absolute Gasteiger partial charge is 0.444 e. The lowest BCUT2D eigenvalue weighted by Crippen LogP contribution is -2.27. The zero-order valence-electron chi connectivity index (χ0n) is 17.1. The molecule has 1 amide bonds. The Labute approximate surface area is 162 Å². The number of aromatic nitrogens is 3. The van der Waals surface area contributed by atoms with E-state index < -0.39 is 19.8 Å². The van der Waals surface area contributed by atoms with E-state index in [0.29, 0.717) is 12.4 Å². The van der Waals surface area contributed by atoms with Gasteiger partial charge in [0.1, 0.15) is 18.0 Å². The van der Waals surface area contributed by atoms with E-state index >= 15 is 0 Å². The van der Waals surface area contributed by atoms with Crippen molar-refractivity contribution in [3.63, 3.8) is 0 Å². The molecule has 0 aliphatic carbocycles. The van der Waals surface area contributed by atoms with Gasteiger partial charge in [0.15, 0.2) is 0 Å². The fraction of sp³-hybridized carbons (Fsp3) is 0.526. The van der Waals surface area contributed by atoms with Crippen LogP contribution < -0.4 is 5.32 Å². The van der Waals surface area contributed by atoms with Gasteiger partial charge in [0.05, 0.1) is 6.20 Å². The molecule has 2 aromatic rings. The average molecular weight is 391 g/mol. The Kier molecular flexibility index (Phi) is 6.77. The Balaban J connectivity index is 1.95. The second-order valence-electron chi connectivity index (χ2n) is 8.70. The molecule has 0 atom stereocenters. The maximum atomic E-state index is 11.9. The lowest BCUT2D eigenvalue weighted by molar-refractivity contribution is 0.0636. The fourth-order valence-electron chi connectivity index (χ4n) is 2.21. The summed E-state index contributed by atoms with van der Waals surface area (Å²) in [7, 11) is -1.09. The number of benzene rings is 1. The molecule has 0 aliphatic heterocycles. The Morgan fingerprint density at radius 3 is 2.67 bits per heavy atom. The molecule has 2 rings (SSSR count). The lowest BCUT2D eigenvalue weighted by atomic mass is 10.1. The molecule has 1 aromatic carbocycles. The van der Waals surface area contributed by atoms with Crippen molar-refractivity contribution in [2.45, 2.75) is 58.8 Å². The second-order valence-corrected chi connectivity index (χ2v) is 14.3. The summed E-state index contributed by atoms with van der Waals surface area (Å²) in [6.07, 6.45) is 1.35. The van der Waals surface area contributed by atoms with Crippen molar-refractivity contribution in [3.8, 4) is 11.3 Å². The van der Waals surface area contributed by atoms with Gasteiger partial charge in [0, 0.05) is 25.9 Å². The molecule has 1 heterocycles. The molecular formula is C19H30N4O3Si. The molecule has 0 spiro atoms. The molecule has 8 heteroatoms. The first-order valence-corrected chi connectivity index (χ1v) is 12.8. The summed E-state index contributed by atoms with van der Waals surface area (Å²) in [6, 6.07) is 8.53. The molecule has 0 saturated heterocycles. The summed E-state index contributed by atoms with van der Waals surface area (Å²) < 4.78 is 12.6. The van der Waals surface area contributed by atoms with Crippen LogP contribution in [0.1, 0.15) is 20.8 Å². The van der Waals surface area contributed by atoms with Gasteiger partial charge in [0.2, 0.25) is 0 Å². The molecule has 7 nitrogen and oxygen atoms in total. The van der Waals surface area contributed by atoms with Crippen LogP contribution in [0.5, 0.6) is 0 Å². The number of anilines is 1. The van der Waals surface area contributed by atoms with Crippen molar-refractivity contribution in [3.05, 3.63) is 30.5 Å². The topological polar surface area (TPSA) is 78.3 Å². The lowest BCUT2D eigenvalue weighted by Gasteiger charge is -2.19. The molecule has 1 N–H and O–H groups in total. The molecule has 1 aromatic heterocycles. The SMILES string of the molecule is CC(C)(C)OC(=O)Nc1cccc(-c2cn(COCC[Si](C)(C)C)nn2)c1. The van der Waals surface area contributed by atoms with Crippen molar-refractivity contribution in [1.29, 1.82) is 0 Å². The summed E-state index contributed by atoms with van der Waals surface area (Å²) in [5, 5.41) is 11.0. The smallest absolute Gasteiger partial charge is 0.412 e. The van der Waals surface area contributed by atoms with Crippen molar-refractivity contribution >= 4 is 19.9 Å². The number of rotatable bonds is 7. The summed E-state index contributed by atoms with van der Waals surface area (Å²) in [4.78, 5) is 11.9. The van der Waals surface area contributed by atoms with Crippen molar-refractivity contribution < 1.29 is 14.3 Å². The number of amides is 1. The van der Waals surface area contributed by atoms with E-state index in [1.54, 1.807) is 10.7 Å². The maximum absolute atomic E-state index is 11.9. The normalized spacial score (nSPS) is 12.1. The third kappa shape index (κ3) is 7.92. The first-order valence-electron chi connectivity index (χ1n) is 9.10. The number of ether oxygens (including phenoxy) is 2. The first-order chi connectivity index (χ1) is 12.5. The van der Waals surface area contributed by atoms with Crippen molar-refractivity contribution in [2.75, 3.05) is 11.9 Å². The van der Waals surface area contributed by atoms with Crippen LogP contribution in [0.25, 0.3) is 11.3 Å². The van der Waals surface area contributed by atoms with Gasteiger partial charge in [-0.15, -0.1) is 5.10 Å². The highest BCUT2D eigenvalue weighted by Crippen LogP contribution is 2.21. The third-order valence-corrected chi connectivity index (χ3v) is 5.27. The Morgan fingerprint density at radius 2 is 2.00 bits per heavy atom. The van der Waals surface area contributed by atoms with Crippen LogP contribution in [0, 0.1) is 0 Å². The number of carbonyl (C=O) groups excluding carboxylic acids is 1. The van der Waals surface area contributed by atoms with E-state index in [9.17, 15) is 4.79 Å². The average Bonchev–Trinajstić information content (AvgIpc) is 2.98. The van der Waals surface area contributed by atoms with Crippen LogP contribution in [0.4, 0.5) is 10.5 Å². The molecule has 0 radical (unpaired) electrons. The Bertz CT molecular complexity index is 763. The van der Waals surface area contributed by atoms with Gasteiger partial charge in [-0.2, -0.15) is 0 Å². The number of nitrogens with zero attached hydrogens (tertiary/aromatic N) is 3. The van der Waals surface area contributed by atoms with Crippen LogP contribution in [0.15, 0.2) is 30.5 Å². The Hall–Kier alpha value is -2.19. The van der Waals surface area contributed by atoms with Gasteiger partial charge in [-0.3, -0.25) is 5.32 Å². The van der Waals surface area contributed by atoms with E-state index in [-0.39, 0.29) is 0 Å². The minimum Gasteiger partial charge on any atom is -0.444 e. The zero-order valence-corrected chi connectivity index (χ0v) is 18.1. The van der Waals surface area contributed by atoms with Gasteiger partial charge in [-0.1, -0.05) is 37.0 Å². The fourth-order valence-corrected chi connectivity index (χ4v) is 2.96. The minimum atomic E-state index is -1.09. The summed E-state index contributed by atoms with van der Waals surface area (Å²) in [6.45, 7) is 13.6. The molecule has 0 unspecified atom stereocenters. The van der Waals surface area contributed by atoms with Crippen LogP contribution >= 0.6 is 0 Å². The zero-order chi connectivity index (χ0) is 20.1. The molecule has 0 bridgehead atoms. The minimum absolute atomic E-state index is 0.382. The van der Waals surface area contributed by atoms with Gasteiger partial charge in [0.25, 0.3) is 0 Å². The molecule has 0 fully saturated rings. The molecule has 148 valence electrons. The predicted molar refractivity (Wildman–Crippen MR) is 109 cm³/mol. The monoisotopic (exact) mass is 390 g/mol. The Morgan fingerprint density at radius 1 is 1.26 bits per heavy atom. The molecule has 27 heavy (non-hydrogen) atoms. The third-order valence-electron chi connectivity index (χ3n) is 3.56. The summed E-state index contributed by atoms with van der Waals surface area (Å²) in [5.74, 6) is 0. The maximum Gasteiger partial charge on any atom is 0.412 e. The van der Waals surface area contributed by atoms with Gasteiger partial charge < -0.3 is 9.47 Å². The number of hydrogen-bond donors (Lipinski definition) is 1. The van der Waals surface area contributed by atoms with Gasteiger partial charge in [-0.25, -0.2) is 9.48 Å². The van der Waals surface area contributed by atoms with Gasteiger partial charge in [-0.05, 0) is 38.9 Å². The second kappa shape index (κ2) is 8.66. The van der Waals surface area contributed by atoms with Crippen LogP contribution in [-0.4, -0.2) is 41.4 Å². The number of hydrogen-bond acceptors (Lipinski definition) is 5. The van der Waals surface area contributed by atoms with Gasteiger partial charge >= 0.3 is 6.09 Å². The van der Waals surface area contributed by atoms with E-state index in [2.05, 4.69) is 35.3 Å². The summed E-state index contributed by atoms with van der Waals surface area (Å²) >= 11 is 0. The quantitative estimate of drug-likeness (QED) is 0.552. The van der Waals surface area contributed by atoms with Crippen molar-refractivity contribution in [2.24, 2.45) is 0 Å². The summed E-state index contributed by atoms with van der Waals surface area (Å²) in [5.41, 5.74) is 1.68. The van der Waals surface area contributed by atoms with E-state index in [1.807, 2.05) is 45.2 Å². The van der Waals surface area contributed by atoms with Crippen LogP contribution in [0.2, 0.25) is 25.7 Å². The number of carbonyl (C=O) groups is 1. The molecule has 0 aliphatic rings. The molecular weight excluding hydrogens is 360 g/mol. The van der Waals surface area contributed by atoms with E-state index in [4.69, 9.17) is 9.47 Å². The highest BCUT2D eigenvalue weighted by molar-refractivity contribution is 6.76. The highest BCUT2D eigenvalue weighted by atomic mass is 28.3. The predicted octanol–water partition coefficient (Wildman–Crippen LogP) is 4.60. The standard InChI is InChI=1S/C19H30N4O3Si/c1-19(2,3)26-18(24)20-16-9-7-8-15(12-16)17-13-23(22-21-17)14-25-10-11-27(4,5)6/h7-9,12-13H,10-11,14H2,1-6H3,(H,20,24). The van der Waals surface area contributed by atoms with E-state index in [1.165, 1.54) is 0 Å². The van der Waals surface area contributed by atoms with E-state index in [0.717, 1.165) is 23.9 Å². The van der Waals surface area contributed by atoms with Crippen LogP contribution in [-0.2, 0) is 16.2 Å².